The SMILES string of the molecule is Fc1ccc(-c2cnc3ccccc3c2)cc1. The Bertz CT molecular complexity index is 659. The van der Waals surface area contributed by atoms with Gasteiger partial charge in [-0.25, -0.2) is 4.39 Å². The van der Waals surface area contributed by atoms with E-state index in [1.165, 1.54) is 12.1 Å². The van der Waals surface area contributed by atoms with Crippen molar-refractivity contribution in [1.82, 2.24) is 4.98 Å². The van der Waals surface area contributed by atoms with Gasteiger partial charge in [0, 0.05) is 17.1 Å². The number of rotatable bonds is 1. The van der Waals surface area contributed by atoms with Crippen LogP contribution >= 0.6 is 0 Å². The van der Waals surface area contributed by atoms with Gasteiger partial charge in [-0.2, -0.15) is 0 Å². The fraction of sp³-hybridized carbons (Fsp3) is 0. The summed E-state index contributed by atoms with van der Waals surface area (Å²) in [7, 11) is 0. The number of nitrogens with zero attached hydrogens (tertiary/aromatic N) is 1. The maximum absolute atomic E-state index is 12.8. The number of para-hydroxylation sites is 1. The highest BCUT2D eigenvalue weighted by Gasteiger charge is 2.00. The molecule has 0 spiro atoms. The molecule has 2 aromatic carbocycles. The smallest absolute Gasteiger partial charge is 0.123 e. The van der Waals surface area contributed by atoms with Crippen molar-refractivity contribution in [3.8, 4) is 11.1 Å². The Hall–Kier alpha value is -2.22. The van der Waals surface area contributed by atoms with Gasteiger partial charge in [-0.15, -0.1) is 0 Å². The third kappa shape index (κ3) is 1.89. The van der Waals surface area contributed by atoms with Crippen molar-refractivity contribution in [1.29, 1.82) is 0 Å². The van der Waals surface area contributed by atoms with Gasteiger partial charge >= 0.3 is 0 Å². The number of hydrogen-bond donors (Lipinski definition) is 0. The van der Waals surface area contributed by atoms with E-state index >= 15 is 0 Å². The fourth-order valence-corrected chi connectivity index (χ4v) is 1.87. The molecular formula is C15H10FN. The summed E-state index contributed by atoms with van der Waals surface area (Å²) >= 11 is 0. The number of halogens is 1. The molecule has 0 bridgehead atoms. The highest BCUT2D eigenvalue weighted by Crippen LogP contribution is 2.22. The van der Waals surface area contributed by atoms with Crippen LogP contribution in [0, 0.1) is 5.82 Å². The van der Waals surface area contributed by atoms with Crippen LogP contribution in [0.4, 0.5) is 4.39 Å². The normalized spacial score (nSPS) is 10.6. The topological polar surface area (TPSA) is 12.9 Å². The van der Waals surface area contributed by atoms with Crippen molar-refractivity contribution >= 4 is 10.9 Å². The molecule has 0 aliphatic carbocycles. The van der Waals surface area contributed by atoms with Crippen molar-refractivity contribution in [2.75, 3.05) is 0 Å². The van der Waals surface area contributed by atoms with Crippen LogP contribution < -0.4 is 0 Å². The number of fused-ring (bicyclic) bond motifs is 1. The predicted molar refractivity (Wildman–Crippen MR) is 67.1 cm³/mol. The molecule has 0 radical (unpaired) electrons. The molecule has 3 rings (SSSR count). The molecule has 0 unspecified atom stereocenters. The summed E-state index contributed by atoms with van der Waals surface area (Å²) in [5.74, 6) is -0.220. The molecule has 0 N–H and O–H groups in total. The largest absolute Gasteiger partial charge is 0.256 e. The maximum Gasteiger partial charge on any atom is 0.123 e. The molecule has 17 heavy (non-hydrogen) atoms. The first-order valence-corrected chi connectivity index (χ1v) is 5.44. The van der Waals surface area contributed by atoms with Crippen LogP contribution in [0.5, 0.6) is 0 Å². The first-order valence-electron chi connectivity index (χ1n) is 5.44. The molecule has 1 aromatic heterocycles. The second-order valence-corrected chi connectivity index (χ2v) is 3.92. The van der Waals surface area contributed by atoms with Gasteiger partial charge in [0.2, 0.25) is 0 Å². The van der Waals surface area contributed by atoms with Crippen molar-refractivity contribution in [2.24, 2.45) is 0 Å². The number of pyridine rings is 1. The lowest BCUT2D eigenvalue weighted by atomic mass is 10.1. The van der Waals surface area contributed by atoms with Gasteiger partial charge in [0.1, 0.15) is 5.82 Å². The number of aromatic nitrogens is 1. The van der Waals surface area contributed by atoms with E-state index < -0.39 is 0 Å². The zero-order chi connectivity index (χ0) is 11.7. The first kappa shape index (κ1) is 9.97. The van der Waals surface area contributed by atoms with Gasteiger partial charge in [0.15, 0.2) is 0 Å². The Morgan fingerprint density at radius 3 is 2.41 bits per heavy atom. The summed E-state index contributed by atoms with van der Waals surface area (Å²) in [6, 6.07) is 16.5. The van der Waals surface area contributed by atoms with E-state index in [-0.39, 0.29) is 5.82 Å². The molecule has 0 fully saturated rings. The van der Waals surface area contributed by atoms with E-state index in [1.54, 1.807) is 12.1 Å². The Morgan fingerprint density at radius 1 is 0.824 bits per heavy atom. The average molecular weight is 223 g/mol. The van der Waals surface area contributed by atoms with Crippen LogP contribution in [0.1, 0.15) is 0 Å². The number of benzene rings is 2. The van der Waals surface area contributed by atoms with Gasteiger partial charge in [-0.05, 0) is 29.8 Å². The van der Waals surface area contributed by atoms with Gasteiger partial charge in [0.05, 0.1) is 5.52 Å². The summed E-state index contributed by atoms with van der Waals surface area (Å²) in [5, 5.41) is 1.09. The zero-order valence-electron chi connectivity index (χ0n) is 9.10. The van der Waals surface area contributed by atoms with Crippen LogP contribution in [0.25, 0.3) is 22.0 Å². The third-order valence-electron chi connectivity index (χ3n) is 2.77. The quantitative estimate of drug-likeness (QED) is 0.606. The molecule has 1 heterocycles. The summed E-state index contributed by atoms with van der Waals surface area (Å²) in [4.78, 5) is 4.39. The first-order chi connectivity index (χ1) is 8.33. The summed E-state index contributed by atoms with van der Waals surface area (Å²) < 4.78 is 12.8. The van der Waals surface area contributed by atoms with Crippen LogP contribution in [0.15, 0.2) is 60.8 Å². The van der Waals surface area contributed by atoms with Gasteiger partial charge in [-0.3, -0.25) is 4.98 Å². The van der Waals surface area contributed by atoms with Crippen molar-refractivity contribution in [3.05, 3.63) is 66.6 Å². The second kappa shape index (κ2) is 3.98. The van der Waals surface area contributed by atoms with Gasteiger partial charge in [0.25, 0.3) is 0 Å². The molecule has 0 saturated carbocycles. The van der Waals surface area contributed by atoms with E-state index in [1.807, 2.05) is 30.5 Å². The van der Waals surface area contributed by atoms with Gasteiger partial charge < -0.3 is 0 Å². The average Bonchev–Trinajstić information content (AvgIpc) is 2.39. The molecule has 0 amide bonds. The summed E-state index contributed by atoms with van der Waals surface area (Å²) in [6.07, 6.45) is 1.82. The second-order valence-electron chi connectivity index (χ2n) is 3.92. The predicted octanol–water partition coefficient (Wildman–Crippen LogP) is 4.04. The highest BCUT2D eigenvalue weighted by atomic mass is 19.1. The standard InChI is InChI=1S/C15H10FN/c16-14-7-5-11(6-8-14)13-9-12-3-1-2-4-15(12)17-10-13/h1-10H. The Labute approximate surface area is 98.6 Å². The molecule has 2 heteroatoms. The lowest BCUT2D eigenvalue weighted by Gasteiger charge is -2.03. The molecule has 0 aliphatic rings. The summed E-state index contributed by atoms with van der Waals surface area (Å²) in [6.45, 7) is 0. The van der Waals surface area contributed by atoms with Crippen LogP contribution in [-0.2, 0) is 0 Å². The molecule has 0 aliphatic heterocycles. The third-order valence-corrected chi connectivity index (χ3v) is 2.77. The minimum atomic E-state index is -0.220. The Morgan fingerprint density at radius 2 is 1.59 bits per heavy atom. The molecule has 1 nitrogen and oxygen atoms in total. The molecule has 82 valence electrons. The minimum absolute atomic E-state index is 0.220. The van der Waals surface area contributed by atoms with E-state index in [0.717, 1.165) is 22.0 Å². The lowest BCUT2D eigenvalue weighted by Crippen LogP contribution is -1.83. The van der Waals surface area contributed by atoms with Crippen molar-refractivity contribution in [2.45, 2.75) is 0 Å². The van der Waals surface area contributed by atoms with E-state index in [4.69, 9.17) is 0 Å². The van der Waals surface area contributed by atoms with Crippen molar-refractivity contribution < 1.29 is 4.39 Å². The van der Waals surface area contributed by atoms with E-state index in [0.29, 0.717) is 0 Å². The minimum Gasteiger partial charge on any atom is -0.256 e. The molecule has 0 atom stereocenters. The van der Waals surface area contributed by atoms with Crippen molar-refractivity contribution in [3.63, 3.8) is 0 Å². The molecule has 0 saturated heterocycles. The number of hydrogen-bond acceptors (Lipinski definition) is 1. The van der Waals surface area contributed by atoms with Crippen LogP contribution in [0.2, 0.25) is 0 Å². The zero-order valence-corrected chi connectivity index (χ0v) is 9.10. The Balaban J connectivity index is 2.14. The Kier molecular flexibility index (Phi) is 2.33. The summed E-state index contributed by atoms with van der Waals surface area (Å²) in [5.41, 5.74) is 2.95. The fourth-order valence-electron chi connectivity index (χ4n) is 1.87. The lowest BCUT2D eigenvalue weighted by molar-refractivity contribution is 0.628. The van der Waals surface area contributed by atoms with Crippen LogP contribution in [0.3, 0.4) is 0 Å². The van der Waals surface area contributed by atoms with E-state index in [2.05, 4.69) is 11.1 Å². The van der Waals surface area contributed by atoms with E-state index in [9.17, 15) is 4.39 Å². The molecule has 3 aromatic rings. The monoisotopic (exact) mass is 223 g/mol. The highest BCUT2D eigenvalue weighted by molar-refractivity contribution is 5.83. The molecular weight excluding hydrogens is 213 g/mol. The van der Waals surface area contributed by atoms with Gasteiger partial charge in [-0.1, -0.05) is 30.3 Å². The van der Waals surface area contributed by atoms with Crippen LogP contribution in [-0.4, -0.2) is 4.98 Å². The maximum atomic E-state index is 12.8.